The molecule has 1 aliphatic carbocycles. The standard InChI is InChI=1S/C21H19N3O5S/c1-28-15-5-2-4-14(12-15)13-7-9-21(10-8-13,19(26)27)18(25)22-20-24-23-17(29-20)16-6-3-11-30-16/h2-7,11-12H,8-10H2,1H3,(H,26,27)(H,22,24,25). The number of carboxylic acids is 1. The van der Waals surface area contributed by atoms with Crippen LogP contribution in [-0.4, -0.2) is 34.3 Å². The third-order valence-corrected chi connectivity index (χ3v) is 6.04. The van der Waals surface area contributed by atoms with Gasteiger partial charge in [-0.25, -0.2) is 0 Å². The second-order valence-electron chi connectivity index (χ2n) is 6.90. The number of allylic oxidation sites excluding steroid dienone is 2. The van der Waals surface area contributed by atoms with Crippen molar-refractivity contribution in [2.24, 2.45) is 5.41 Å². The average molecular weight is 425 g/mol. The average Bonchev–Trinajstić information content (AvgIpc) is 3.45. The summed E-state index contributed by atoms with van der Waals surface area (Å²) in [7, 11) is 1.59. The fourth-order valence-electron chi connectivity index (χ4n) is 3.42. The van der Waals surface area contributed by atoms with Crippen molar-refractivity contribution in [1.82, 2.24) is 10.2 Å². The first-order chi connectivity index (χ1) is 14.5. The topological polar surface area (TPSA) is 115 Å². The van der Waals surface area contributed by atoms with E-state index in [4.69, 9.17) is 9.15 Å². The van der Waals surface area contributed by atoms with E-state index in [1.54, 1.807) is 13.2 Å². The number of methoxy groups -OCH3 is 1. The molecule has 0 aliphatic heterocycles. The van der Waals surface area contributed by atoms with Gasteiger partial charge in [-0.2, -0.15) is 0 Å². The second-order valence-corrected chi connectivity index (χ2v) is 7.84. The Balaban J connectivity index is 1.53. The van der Waals surface area contributed by atoms with Crippen LogP contribution in [0.2, 0.25) is 0 Å². The summed E-state index contributed by atoms with van der Waals surface area (Å²) in [5.41, 5.74) is 0.336. The van der Waals surface area contributed by atoms with Gasteiger partial charge in [0.25, 0.3) is 5.89 Å². The van der Waals surface area contributed by atoms with Gasteiger partial charge in [0.1, 0.15) is 5.75 Å². The third-order valence-electron chi connectivity index (χ3n) is 5.18. The van der Waals surface area contributed by atoms with Crippen LogP contribution in [0.15, 0.2) is 52.3 Å². The number of anilines is 1. The maximum absolute atomic E-state index is 12.9. The van der Waals surface area contributed by atoms with E-state index in [2.05, 4.69) is 15.5 Å². The fourth-order valence-corrected chi connectivity index (χ4v) is 4.07. The minimum absolute atomic E-state index is 0.0621. The Morgan fingerprint density at radius 1 is 1.27 bits per heavy atom. The highest BCUT2D eigenvalue weighted by molar-refractivity contribution is 7.13. The molecule has 0 saturated carbocycles. The summed E-state index contributed by atoms with van der Waals surface area (Å²) in [5, 5.41) is 21.9. The smallest absolute Gasteiger partial charge is 0.322 e. The summed E-state index contributed by atoms with van der Waals surface area (Å²) in [5.74, 6) is -0.857. The molecule has 0 fully saturated rings. The maximum Gasteiger partial charge on any atom is 0.322 e. The van der Waals surface area contributed by atoms with Crippen LogP contribution in [0, 0.1) is 5.41 Å². The number of benzene rings is 1. The molecule has 1 unspecified atom stereocenters. The molecular formula is C21H19N3O5S. The van der Waals surface area contributed by atoms with Crippen molar-refractivity contribution < 1.29 is 23.8 Å². The zero-order valence-electron chi connectivity index (χ0n) is 16.1. The molecule has 154 valence electrons. The summed E-state index contributed by atoms with van der Waals surface area (Å²) in [6, 6.07) is 11.1. The van der Waals surface area contributed by atoms with Gasteiger partial charge in [-0.05, 0) is 54.0 Å². The molecule has 2 aromatic heterocycles. The van der Waals surface area contributed by atoms with Crippen LogP contribution in [0.4, 0.5) is 6.01 Å². The highest BCUT2D eigenvalue weighted by Crippen LogP contribution is 2.40. The molecule has 2 N–H and O–H groups in total. The molecule has 8 nitrogen and oxygen atoms in total. The van der Waals surface area contributed by atoms with Crippen LogP contribution in [0.3, 0.4) is 0 Å². The van der Waals surface area contributed by atoms with Crippen LogP contribution in [0.1, 0.15) is 24.8 Å². The number of hydrogen-bond donors (Lipinski definition) is 2. The number of ether oxygens (including phenoxy) is 1. The largest absolute Gasteiger partial charge is 0.497 e. The number of hydrogen-bond acceptors (Lipinski definition) is 7. The molecule has 4 rings (SSSR count). The Labute approximate surface area is 176 Å². The number of aliphatic carboxylic acids is 1. The summed E-state index contributed by atoms with van der Waals surface area (Å²) >= 11 is 1.42. The number of rotatable bonds is 6. The SMILES string of the molecule is COc1cccc(C2=CCC(C(=O)O)(C(=O)Nc3nnc(-c4cccs4)o3)CC2)c1. The van der Waals surface area contributed by atoms with Crippen molar-refractivity contribution in [2.45, 2.75) is 19.3 Å². The van der Waals surface area contributed by atoms with Crippen LogP contribution in [-0.2, 0) is 9.59 Å². The predicted octanol–water partition coefficient (Wildman–Crippen LogP) is 4.08. The normalized spacial score (nSPS) is 18.5. The van der Waals surface area contributed by atoms with E-state index in [1.807, 2.05) is 41.8 Å². The van der Waals surface area contributed by atoms with Gasteiger partial charge >= 0.3 is 12.0 Å². The molecule has 0 radical (unpaired) electrons. The van der Waals surface area contributed by atoms with Crippen LogP contribution < -0.4 is 10.1 Å². The molecule has 30 heavy (non-hydrogen) atoms. The van der Waals surface area contributed by atoms with Crippen LogP contribution >= 0.6 is 11.3 Å². The highest BCUT2D eigenvalue weighted by Gasteiger charge is 2.47. The van der Waals surface area contributed by atoms with E-state index in [0.29, 0.717) is 6.42 Å². The van der Waals surface area contributed by atoms with E-state index in [9.17, 15) is 14.7 Å². The van der Waals surface area contributed by atoms with Crippen molar-refractivity contribution >= 4 is 34.8 Å². The van der Waals surface area contributed by atoms with Gasteiger partial charge in [0.2, 0.25) is 5.91 Å². The molecule has 1 aliphatic rings. The number of carbonyl (C=O) groups excluding carboxylic acids is 1. The van der Waals surface area contributed by atoms with Crippen molar-refractivity contribution in [2.75, 3.05) is 12.4 Å². The van der Waals surface area contributed by atoms with Crippen LogP contribution in [0.25, 0.3) is 16.3 Å². The lowest BCUT2D eigenvalue weighted by atomic mass is 9.73. The first kappa shape index (κ1) is 19.8. The molecule has 1 amide bonds. The van der Waals surface area contributed by atoms with E-state index < -0.39 is 17.3 Å². The minimum atomic E-state index is -1.60. The molecular weight excluding hydrogens is 406 g/mol. The number of nitrogens with one attached hydrogen (secondary N) is 1. The van der Waals surface area contributed by atoms with E-state index >= 15 is 0 Å². The van der Waals surface area contributed by atoms with E-state index in [1.165, 1.54) is 11.3 Å². The predicted molar refractivity (Wildman–Crippen MR) is 111 cm³/mol. The van der Waals surface area contributed by atoms with Crippen molar-refractivity contribution in [3.05, 3.63) is 53.4 Å². The van der Waals surface area contributed by atoms with E-state index in [-0.39, 0.29) is 24.7 Å². The Morgan fingerprint density at radius 2 is 2.13 bits per heavy atom. The Kier molecular flexibility index (Phi) is 5.37. The van der Waals surface area contributed by atoms with Crippen molar-refractivity contribution in [3.63, 3.8) is 0 Å². The zero-order chi connectivity index (χ0) is 21.1. The summed E-state index contributed by atoms with van der Waals surface area (Å²) in [4.78, 5) is 25.7. The number of carboxylic acid groups (broad SMARTS) is 1. The molecule has 1 aromatic carbocycles. The van der Waals surface area contributed by atoms with Gasteiger partial charge in [-0.1, -0.05) is 29.4 Å². The second kappa shape index (κ2) is 8.11. The third kappa shape index (κ3) is 3.71. The molecule has 0 saturated heterocycles. The molecule has 0 bridgehead atoms. The van der Waals surface area contributed by atoms with Gasteiger partial charge < -0.3 is 14.3 Å². The number of aromatic nitrogens is 2. The molecule has 3 aromatic rings. The molecule has 9 heteroatoms. The number of amides is 1. The zero-order valence-corrected chi connectivity index (χ0v) is 16.9. The highest BCUT2D eigenvalue weighted by atomic mass is 32.1. The van der Waals surface area contributed by atoms with Crippen molar-refractivity contribution in [3.8, 4) is 16.5 Å². The maximum atomic E-state index is 12.9. The first-order valence-corrected chi connectivity index (χ1v) is 10.2. The lowest BCUT2D eigenvalue weighted by Gasteiger charge is -2.30. The lowest BCUT2D eigenvalue weighted by molar-refractivity contribution is -0.154. The van der Waals surface area contributed by atoms with Gasteiger partial charge in [0, 0.05) is 0 Å². The van der Waals surface area contributed by atoms with Gasteiger partial charge in [0.15, 0.2) is 5.41 Å². The van der Waals surface area contributed by atoms with Crippen LogP contribution in [0.5, 0.6) is 5.75 Å². The monoisotopic (exact) mass is 425 g/mol. The quantitative estimate of drug-likeness (QED) is 0.572. The van der Waals surface area contributed by atoms with E-state index in [0.717, 1.165) is 21.8 Å². The number of nitrogens with zero attached hydrogens (tertiary/aromatic N) is 2. The van der Waals surface area contributed by atoms with Crippen molar-refractivity contribution in [1.29, 1.82) is 0 Å². The summed E-state index contributed by atoms with van der Waals surface area (Å²) in [6.07, 6.45) is 2.46. The number of thiophene rings is 1. The summed E-state index contributed by atoms with van der Waals surface area (Å²) < 4.78 is 10.7. The van der Waals surface area contributed by atoms with Gasteiger partial charge in [-0.15, -0.1) is 16.4 Å². The molecule has 1 atom stereocenters. The molecule has 0 spiro atoms. The Morgan fingerprint density at radius 3 is 2.80 bits per heavy atom. The molecule has 2 heterocycles. The Hall–Kier alpha value is -3.46. The fraction of sp³-hybridized carbons (Fsp3) is 0.238. The summed E-state index contributed by atoms with van der Waals surface area (Å²) in [6.45, 7) is 0. The lowest BCUT2D eigenvalue weighted by Crippen LogP contribution is -2.44. The van der Waals surface area contributed by atoms with Gasteiger partial charge in [0.05, 0.1) is 12.0 Å². The minimum Gasteiger partial charge on any atom is -0.497 e. The Bertz CT molecular complexity index is 1110. The first-order valence-electron chi connectivity index (χ1n) is 9.27. The number of carbonyl (C=O) groups is 2. The van der Waals surface area contributed by atoms with Gasteiger partial charge in [-0.3, -0.25) is 14.9 Å².